The van der Waals surface area contributed by atoms with E-state index in [0.29, 0.717) is 0 Å². The quantitative estimate of drug-likeness (QED) is 0.699. The number of β-amino-alcohol motifs (C(OH)–C–C–N with tert-alkyl or cyclic N) is 1. The topological polar surface area (TPSA) is 47.3 Å². The van der Waals surface area contributed by atoms with E-state index in [4.69, 9.17) is 10.8 Å². The molecule has 0 amide bonds. The Labute approximate surface area is 105 Å². The molecule has 1 atom stereocenters. The summed E-state index contributed by atoms with van der Waals surface area (Å²) in [5, 5.41) is 9.05. The fourth-order valence-corrected chi connectivity index (χ4v) is 1.36. The third-order valence-electron chi connectivity index (χ3n) is 1.82. The van der Waals surface area contributed by atoms with Crippen LogP contribution in [-0.4, -0.2) is 42.8 Å². The average molecular weight is 410 g/mol. The molecule has 2 N–H and O–H groups in total. The van der Waals surface area contributed by atoms with Crippen LogP contribution in [0.5, 0.6) is 0 Å². The van der Waals surface area contributed by atoms with Gasteiger partial charge in [-0.3, -0.25) is 0 Å². The number of nitrogens with zero attached hydrogens (tertiary/aromatic N) is 1. The Morgan fingerprint density at radius 1 is 1.38 bits per heavy atom. The van der Waals surface area contributed by atoms with Crippen LogP contribution in [0.2, 0.25) is 0 Å². The molecular weight excluding hydrogens is 390 g/mol. The molecule has 3 nitrogen and oxygen atoms in total. The summed E-state index contributed by atoms with van der Waals surface area (Å²) in [5.74, 6) is 0. The Morgan fingerprint density at radius 3 is 2.23 bits per heavy atom. The van der Waals surface area contributed by atoms with E-state index in [0.717, 1.165) is 19.6 Å². The predicted octanol–water partition coefficient (Wildman–Crippen LogP) is 1.34. The first kappa shape index (κ1) is 16.4. The minimum Gasteiger partial charge on any atom is -0.680 e. The van der Waals surface area contributed by atoms with Crippen molar-refractivity contribution in [3.05, 3.63) is 12.2 Å². The normalized spacial score (nSPS) is 19.4. The van der Waals surface area contributed by atoms with Gasteiger partial charge in [0.1, 0.15) is 0 Å². The molecule has 0 radical (unpaired) electrons. The standard InChI is InChI=1S/C8H16NO.CH4N.U/c1-8(10)7-9-5-3-2-4-6-9;1-2;/h2,8,10H,3-7H2,1H3;2H,1H3;/q2*-1;+2. The number of piperidine rings is 1. The summed E-state index contributed by atoms with van der Waals surface area (Å²) in [6.07, 6.45) is 4.52. The molecule has 1 saturated heterocycles. The number of aliphatic hydroxyl groups is 1. The van der Waals surface area contributed by atoms with Gasteiger partial charge >= 0.3 is 31.1 Å². The maximum atomic E-state index is 9.05. The van der Waals surface area contributed by atoms with E-state index in [-0.39, 0.29) is 37.2 Å². The van der Waals surface area contributed by atoms with Gasteiger partial charge in [-0.25, -0.2) is 0 Å². The van der Waals surface area contributed by atoms with Gasteiger partial charge in [0.15, 0.2) is 0 Å². The van der Waals surface area contributed by atoms with Crippen LogP contribution in [0, 0.1) is 37.5 Å². The van der Waals surface area contributed by atoms with Gasteiger partial charge < -0.3 is 22.2 Å². The van der Waals surface area contributed by atoms with Crippen LogP contribution >= 0.6 is 0 Å². The van der Waals surface area contributed by atoms with Gasteiger partial charge in [0.05, 0.1) is 6.10 Å². The molecule has 1 rings (SSSR count). The molecule has 4 heteroatoms. The second kappa shape index (κ2) is 11.0. The summed E-state index contributed by atoms with van der Waals surface area (Å²) in [5.41, 5.74) is 5.75. The van der Waals surface area contributed by atoms with Crippen LogP contribution < -0.4 is 0 Å². The molecule has 1 aliphatic rings. The van der Waals surface area contributed by atoms with Crippen LogP contribution in [-0.2, 0) is 0 Å². The fraction of sp³-hybridized carbons (Fsp3) is 0.889. The molecule has 0 saturated carbocycles. The molecule has 1 aliphatic heterocycles. The Balaban J connectivity index is 0. The number of likely N-dealkylation sites (tertiary alicyclic amines) is 1. The monoisotopic (exact) mass is 410 g/mol. The van der Waals surface area contributed by atoms with Crippen molar-refractivity contribution in [1.82, 2.24) is 4.90 Å². The van der Waals surface area contributed by atoms with Crippen molar-refractivity contribution in [2.45, 2.75) is 25.9 Å². The number of nitrogens with one attached hydrogen (secondary N) is 1. The van der Waals surface area contributed by atoms with Crippen molar-refractivity contribution >= 4 is 0 Å². The van der Waals surface area contributed by atoms with Gasteiger partial charge in [0.2, 0.25) is 0 Å². The van der Waals surface area contributed by atoms with Crippen molar-refractivity contribution in [2.75, 3.05) is 26.7 Å². The number of rotatable bonds is 2. The van der Waals surface area contributed by atoms with Gasteiger partial charge in [-0.15, -0.1) is 0 Å². The van der Waals surface area contributed by atoms with Gasteiger partial charge in [0.25, 0.3) is 0 Å². The van der Waals surface area contributed by atoms with Gasteiger partial charge in [-0.1, -0.05) is 0 Å². The van der Waals surface area contributed by atoms with Gasteiger partial charge in [-0.05, 0) is 20.0 Å². The second-order valence-corrected chi connectivity index (χ2v) is 3.02. The van der Waals surface area contributed by atoms with E-state index < -0.39 is 0 Å². The van der Waals surface area contributed by atoms with Crippen LogP contribution in [0.1, 0.15) is 19.8 Å². The first-order valence-corrected chi connectivity index (χ1v) is 4.51. The second-order valence-electron chi connectivity index (χ2n) is 3.02. The summed E-state index contributed by atoms with van der Waals surface area (Å²) in [6, 6.07) is 0. The smallest absolute Gasteiger partial charge is 0.680 e. The summed E-state index contributed by atoms with van der Waals surface area (Å²) in [6.45, 7) is 4.95. The summed E-state index contributed by atoms with van der Waals surface area (Å²) in [7, 11) is 1.25. The molecular formula is C9H20N2OU. The van der Waals surface area contributed by atoms with Crippen LogP contribution in [0.15, 0.2) is 0 Å². The number of aliphatic hydroxyl groups excluding tert-OH is 1. The molecule has 1 heterocycles. The van der Waals surface area contributed by atoms with Crippen molar-refractivity contribution in [3.8, 4) is 0 Å². The molecule has 1 fully saturated rings. The maximum absolute atomic E-state index is 9.05. The zero-order valence-electron chi connectivity index (χ0n) is 8.58. The van der Waals surface area contributed by atoms with E-state index >= 15 is 0 Å². The van der Waals surface area contributed by atoms with Crippen molar-refractivity contribution in [3.63, 3.8) is 0 Å². The third kappa shape index (κ3) is 9.24. The molecule has 0 aliphatic carbocycles. The third-order valence-corrected chi connectivity index (χ3v) is 1.82. The SMILES string of the molecule is CC(O)CN1CC[CH-]CC1.C[NH-].[U+2]. The fourth-order valence-electron chi connectivity index (χ4n) is 1.36. The largest absolute Gasteiger partial charge is 2.00 e. The van der Waals surface area contributed by atoms with Crippen LogP contribution in [0.4, 0.5) is 0 Å². The number of hydrogen-bond acceptors (Lipinski definition) is 2. The summed E-state index contributed by atoms with van der Waals surface area (Å²) >= 11 is 0. The average Bonchev–Trinajstić information content (AvgIpc) is 2.08. The Bertz CT molecular complexity index is 95.6. The van der Waals surface area contributed by atoms with Crippen LogP contribution in [0.3, 0.4) is 0 Å². The Kier molecular flexibility index (Phi) is 13.9. The minimum atomic E-state index is -0.168. The van der Waals surface area contributed by atoms with Crippen molar-refractivity contribution in [1.29, 1.82) is 0 Å². The summed E-state index contributed by atoms with van der Waals surface area (Å²) < 4.78 is 0. The van der Waals surface area contributed by atoms with Gasteiger partial charge in [-0.2, -0.15) is 19.9 Å². The first-order valence-electron chi connectivity index (χ1n) is 4.51. The molecule has 1 unspecified atom stereocenters. The Hall–Kier alpha value is 0.932. The minimum absolute atomic E-state index is 0. The van der Waals surface area contributed by atoms with Crippen molar-refractivity contribution in [2.24, 2.45) is 0 Å². The van der Waals surface area contributed by atoms with Crippen LogP contribution in [0.25, 0.3) is 5.73 Å². The van der Waals surface area contributed by atoms with Crippen molar-refractivity contribution < 1.29 is 36.2 Å². The molecule has 0 spiro atoms. The molecule has 76 valence electrons. The molecule has 0 aromatic carbocycles. The zero-order chi connectivity index (χ0) is 9.40. The zero-order valence-corrected chi connectivity index (χ0v) is 12.7. The van der Waals surface area contributed by atoms with E-state index in [1.165, 1.54) is 19.9 Å². The molecule has 0 aromatic heterocycles. The molecule has 0 aromatic rings. The Morgan fingerprint density at radius 2 is 1.85 bits per heavy atom. The van der Waals surface area contributed by atoms with Gasteiger partial charge in [0, 0.05) is 6.54 Å². The van der Waals surface area contributed by atoms with E-state index in [9.17, 15) is 0 Å². The van der Waals surface area contributed by atoms with E-state index in [1.807, 2.05) is 6.92 Å². The number of hydrogen-bond donors (Lipinski definition) is 1. The van der Waals surface area contributed by atoms with E-state index in [2.05, 4.69) is 11.3 Å². The first-order chi connectivity index (χ1) is 5.79. The van der Waals surface area contributed by atoms with E-state index in [1.54, 1.807) is 0 Å². The molecule has 0 bridgehead atoms. The maximum Gasteiger partial charge on any atom is 2.00 e. The molecule has 13 heavy (non-hydrogen) atoms. The predicted molar refractivity (Wildman–Crippen MR) is 51.9 cm³/mol. The summed E-state index contributed by atoms with van der Waals surface area (Å²) in [4.78, 5) is 2.31.